The predicted molar refractivity (Wildman–Crippen MR) is 80.2 cm³/mol. The smallest absolute Gasteiger partial charge is 0.244 e. The SMILES string of the molecule is CCNc1ncccc1S(=O)(=O)NC1(C)CCCCC1. The molecule has 0 bridgehead atoms. The zero-order chi connectivity index (χ0) is 14.6. The molecule has 0 saturated heterocycles. The molecule has 6 heteroatoms. The Kier molecular flexibility index (Phi) is 4.65. The van der Waals surface area contributed by atoms with E-state index in [4.69, 9.17) is 0 Å². The minimum Gasteiger partial charge on any atom is -0.369 e. The first-order valence-corrected chi connectivity index (χ1v) is 8.68. The molecule has 0 radical (unpaired) electrons. The molecule has 1 aromatic rings. The van der Waals surface area contributed by atoms with Gasteiger partial charge in [0.1, 0.15) is 10.7 Å². The lowest BCUT2D eigenvalue weighted by molar-refractivity contribution is 0.294. The van der Waals surface area contributed by atoms with Gasteiger partial charge in [-0.25, -0.2) is 18.1 Å². The Morgan fingerprint density at radius 1 is 1.30 bits per heavy atom. The van der Waals surface area contributed by atoms with Crippen LogP contribution in [0.25, 0.3) is 0 Å². The monoisotopic (exact) mass is 297 g/mol. The first-order chi connectivity index (χ1) is 9.47. The van der Waals surface area contributed by atoms with Crippen molar-refractivity contribution in [3.63, 3.8) is 0 Å². The third-order valence-electron chi connectivity index (χ3n) is 3.74. The van der Waals surface area contributed by atoms with E-state index in [0.29, 0.717) is 12.4 Å². The van der Waals surface area contributed by atoms with Crippen LogP contribution in [-0.2, 0) is 10.0 Å². The van der Waals surface area contributed by atoms with E-state index in [9.17, 15) is 8.42 Å². The molecular weight excluding hydrogens is 274 g/mol. The number of sulfonamides is 1. The van der Waals surface area contributed by atoms with Gasteiger partial charge in [-0.3, -0.25) is 0 Å². The summed E-state index contributed by atoms with van der Waals surface area (Å²) >= 11 is 0. The molecule has 2 rings (SSSR count). The standard InChI is InChI=1S/C14H23N3O2S/c1-3-15-13-12(8-7-11-16-13)20(18,19)17-14(2)9-5-4-6-10-14/h7-8,11,17H,3-6,9-10H2,1-2H3,(H,15,16). The summed E-state index contributed by atoms with van der Waals surface area (Å²) in [6, 6.07) is 3.25. The number of anilines is 1. The lowest BCUT2D eigenvalue weighted by Gasteiger charge is -2.34. The molecule has 0 aromatic carbocycles. The van der Waals surface area contributed by atoms with Crippen LogP contribution in [0.15, 0.2) is 23.2 Å². The van der Waals surface area contributed by atoms with E-state index in [1.165, 1.54) is 6.42 Å². The van der Waals surface area contributed by atoms with Gasteiger partial charge in [0, 0.05) is 18.3 Å². The maximum Gasteiger partial charge on any atom is 0.244 e. The van der Waals surface area contributed by atoms with Crippen molar-refractivity contribution in [1.82, 2.24) is 9.71 Å². The summed E-state index contributed by atoms with van der Waals surface area (Å²) in [4.78, 5) is 4.35. The van der Waals surface area contributed by atoms with Gasteiger partial charge >= 0.3 is 0 Å². The molecule has 0 spiro atoms. The van der Waals surface area contributed by atoms with E-state index in [1.807, 2.05) is 13.8 Å². The van der Waals surface area contributed by atoms with Crippen molar-refractivity contribution >= 4 is 15.8 Å². The fraction of sp³-hybridized carbons (Fsp3) is 0.643. The second-order valence-electron chi connectivity index (χ2n) is 5.61. The summed E-state index contributed by atoms with van der Waals surface area (Å²) in [5.41, 5.74) is -0.337. The highest BCUT2D eigenvalue weighted by molar-refractivity contribution is 7.89. The summed E-state index contributed by atoms with van der Waals surface area (Å²) in [6.07, 6.45) is 6.72. The van der Waals surface area contributed by atoms with Gasteiger partial charge in [0.15, 0.2) is 0 Å². The Hall–Kier alpha value is -1.14. The third kappa shape index (κ3) is 3.49. The van der Waals surface area contributed by atoms with Crippen LogP contribution in [0, 0.1) is 0 Å². The molecule has 0 atom stereocenters. The highest BCUT2D eigenvalue weighted by Gasteiger charge is 2.33. The van der Waals surface area contributed by atoms with Crippen LogP contribution < -0.4 is 10.0 Å². The van der Waals surface area contributed by atoms with Crippen LogP contribution in [0.4, 0.5) is 5.82 Å². The van der Waals surface area contributed by atoms with Gasteiger partial charge in [0.2, 0.25) is 10.0 Å². The lowest BCUT2D eigenvalue weighted by atomic mass is 9.84. The van der Waals surface area contributed by atoms with Crippen molar-refractivity contribution < 1.29 is 8.42 Å². The van der Waals surface area contributed by atoms with Crippen LogP contribution in [0.2, 0.25) is 0 Å². The average molecular weight is 297 g/mol. The van der Waals surface area contributed by atoms with E-state index in [1.54, 1.807) is 18.3 Å². The van der Waals surface area contributed by atoms with Crippen LogP contribution in [0.3, 0.4) is 0 Å². The van der Waals surface area contributed by atoms with E-state index in [0.717, 1.165) is 25.7 Å². The molecular formula is C14H23N3O2S. The molecule has 2 N–H and O–H groups in total. The van der Waals surface area contributed by atoms with Gasteiger partial charge < -0.3 is 5.32 Å². The summed E-state index contributed by atoms with van der Waals surface area (Å²) in [5.74, 6) is 0.418. The Bertz CT molecular complexity index is 551. The summed E-state index contributed by atoms with van der Waals surface area (Å²) in [5, 5.41) is 3.00. The largest absolute Gasteiger partial charge is 0.369 e. The Morgan fingerprint density at radius 3 is 2.65 bits per heavy atom. The van der Waals surface area contributed by atoms with Crippen molar-refractivity contribution in [1.29, 1.82) is 0 Å². The number of hydrogen-bond donors (Lipinski definition) is 2. The van der Waals surface area contributed by atoms with Gasteiger partial charge in [0.05, 0.1) is 0 Å². The van der Waals surface area contributed by atoms with E-state index < -0.39 is 10.0 Å². The molecule has 1 aromatic heterocycles. The maximum absolute atomic E-state index is 12.6. The second kappa shape index (κ2) is 6.10. The maximum atomic E-state index is 12.6. The number of aromatic nitrogens is 1. The fourth-order valence-corrected chi connectivity index (χ4v) is 4.32. The first-order valence-electron chi connectivity index (χ1n) is 7.20. The molecule has 1 aliphatic carbocycles. The molecule has 112 valence electrons. The molecule has 0 aliphatic heterocycles. The van der Waals surface area contributed by atoms with Crippen LogP contribution >= 0.6 is 0 Å². The van der Waals surface area contributed by atoms with Crippen molar-refractivity contribution in [3.8, 4) is 0 Å². The average Bonchev–Trinajstić information content (AvgIpc) is 2.39. The second-order valence-corrected chi connectivity index (χ2v) is 7.26. The minimum absolute atomic E-state index is 0.230. The topological polar surface area (TPSA) is 71.1 Å². The minimum atomic E-state index is -3.55. The molecule has 5 nitrogen and oxygen atoms in total. The van der Waals surface area contributed by atoms with Crippen molar-refractivity contribution in [2.24, 2.45) is 0 Å². The summed E-state index contributed by atoms with van der Waals surface area (Å²) < 4.78 is 28.1. The zero-order valence-corrected chi connectivity index (χ0v) is 13.0. The molecule has 1 fully saturated rings. The van der Waals surface area contributed by atoms with E-state index in [-0.39, 0.29) is 10.4 Å². The zero-order valence-electron chi connectivity index (χ0n) is 12.1. The van der Waals surface area contributed by atoms with Gasteiger partial charge in [-0.2, -0.15) is 0 Å². The Balaban J connectivity index is 2.26. The van der Waals surface area contributed by atoms with Gasteiger partial charge in [0.25, 0.3) is 0 Å². The van der Waals surface area contributed by atoms with Crippen molar-refractivity contribution in [2.45, 2.75) is 56.4 Å². The number of rotatable bonds is 5. The summed E-state index contributed by atoms with van der Waals surface area (Å²) in [6.45, 7) is 4.55. The third-order valence-corrected chi connectivity index (χ3v) is 5.41. The van der Waals surface area contributed by atoms with Crippen LogP contribution in [0.5, 0.6) is 0 Å². The number of nitrogens with zero attached hydrogens (tertiary/aromatic N) is 1. The quantitative estimate of drug-likeness (QED) is 0.876. The van der Waals surface area contributed by atoms with Crippen LogP contribution in [-0.4, -0.2) is 25.5 Å². The molecule has 1 saturated carbocycles. The van der Waals surface area contributed by atoms with Gasteiger partial charge in [-0.05, 0) is 38.8 Å². The first kappa shape index (κ1) is 15.3. The van der Waals surface area contributed by atoms with Crippen molar-refractivity contribution in [3.05, 3.63) is 18.3 Å². The normalized spacial score (nSPS) is 18.7. The van der Waals surface area contributed by atoms with Crippen LogP contribution in [0.1, 0.15) is 46.0 Å². The van der Waals surface area contributed by atoms with E-state index >= 15 is 0 Å². The highest BCUT2D eigenvalue weighted by Crippen LogP contribution is 2.30. The van der Waals surface area contributed by atoms with Crippen molar-refractivity contribution in [2.75, 3.05) is 11.9 Å². The molecule has 0 amide bonds. The van der Waals surface area contributed by atoms with Gasteiger partial charge in [-0.1, -0.05) is 19.3 Å². The number of nitrogens with one attached hydrogen (secondary N) is 2. The lowest BCUT2D eigenvalue weighted by Crippen LogP contribution is -2.47. The summed E-state index contributed by atoms with van der Waals surface area (Å²) in [7, 11) is -3.55. The van der Waals surface area contributed by atoms with Gasteiger partial charge in [-0.15, -0.1) is 0 Å². The molecule has 1 aliphatic rings. The van der Waals surface area contributed by atoms with E-state index in [2.05, 4.69) is 15.0 Å². The molecule has 0 unspecified atom stereocenters. The fourth-order valence-electron chi connectivity index (χ4n) is 2.72. The molecule has 1 heterocycles. The Morgan fingerprint density at radius 2 is 2.00 bits per heavy atom. The number of hydrogen-bond acceptors (Lipinski definition) is 4. The highest BCUT2D eigenvalue weighted by atomic mass is 32.2. The Labute approximate surface area is 121 Å². The number of pyridine rings is 1. The molecule has 20 heavy (non-hydrogen) atoms. The predicted octanol–water partition coefficient (Wildman–Crippen LogP) is 2.51.